The topological polar surface area (TPSA) is 92.6 Å². The van der Waals surface area contributed by atoms with Crippen LogP contribution in [0.1, 0.15) is 19.8 Å². The highest BCUT2D eigenvalue weighted by atomic mass is 32.2. The number of aromatic nitrogens is 2. The third kappa shape index (κ3) is 2.99. The minimum Gasteiger partial charge on any atom is -0.294 e. The lowest BCUT2D eigenvalue weighted by atomic mass is 10.0. The van der Waals surface area contributed by atoms with Gasteiger partial charge in [-0.15, -0.1) is 0 Å². The lowest BCUT2D eigenvalue weighted by Crippen LogP contribution is -2.55. The Morgan fingerprint density at radius 1 is 1.18 bits per heavy atom. The van der Waals surface area contributed by atoms with Crippen LogP contribution in [0.3, 0.4) is 0 Å². The third-order valence-electron chi connectivity index (χ3n) is 5.42. The maximum Gasteiger partial charge on any atom is 0.246 e. The molecule has 1 amide bonds. The number of hydrogen-bond acceptors (Lipinski definition) is 5. The molecular weight excluding hydrogens is 400 g/mol. The minimum absolute atomic E-state index is 0.0229. The first kappa shape index (κ1) is 19.3. The van der Waals surface area contributed by atoms with Gasteiger partial charge in [0.1, 0.15) is 15.5 Å². The lowest BCUT2D eigenvalue weighted by molar-refractivity contribution is -0.116. The fraction of sp³-hybridized carbons (Fsp3) is 0.444. The van der Waals surface area contributed by atoms with E-state index in [9.17, 15) is 17.4 Å². The molecule has 0 N–H and O–H groups in total. The van der Waals surface area contributed by atoms with Crippen LogP contribution >= 0.6 is 0 Å². The van der Waals surface area contributed by atoms with Gasteiger partial charge in [0.2, 0.25) is 15.9 Å². The molecule has 1 spiro atoms. The Bertz CT molecular complexity index is 1010. The van der Waals surface area contributed by atoms with Gasteiger partial charge in [-0.3, -0.25) is 18.6 Å². The van der Waals surface area contributed by atoms with Gasteiger partial charge in [0.25, 0.3) is 0 Å². The van der Waals surface area contributed by atoms with Crippen LogP contribution < -0.4 is 4.90 Å². The summed E-state index contributed by atoms with van der Waals surface area (Å²) in [6.45, 7) is 2.90. The number of sulfonamides is 1. The molecule has 1 aromatic carbocycles. The second-order valence-corrected chi connectivity index (χ2v) is 10.6. The highest BCUT2D eigenvalue weighted by molar-refractivity contribution is 7.89. The molecule has 0 saturated carbocycles. The van der Waals surface area contributed by atoms with E-state index in [2.05, 4.69) is 5.10 Å². The Morgan fingerprint density at radius 3 is 2.46 bits per heavy atom. The second-order valence-electron chi connectivity index (χ2n) is 6.94. The first-order valence-electron chi connectivity index (χ1n) is 9.18. The molecule has 1 aromatic heterocycles. The molecule has 1 unspecified atom stereocenters. The monoisotopic (exact) mass is 422 g/mol. The zero-order chi connectivity index (χ0) is 19.9. The van der Waals surface area contributed by atoms with Crippen molar-refractivity contribution in [1.29, 1.82) is 0 Å². The number of carbonyl (C=O) groups excluding carboxylic acids is 1. The molecule has 28 heavy (non-hydrogen) atoms. The van der Waals surface area contributed by atoms with E-state index in [0.29, 0.717) is 25.1 Å². The number of anilines is 1. The predicted molar refractivity (Wildman–Crippen MR) is 106 cm³/mol. The van der Waals surface area contributed by atoms with Gasteiger partial charge in [0.05, 0.1) is 17.0 Å². The summed E-state index contributed by atoms with van der Waals surface area (Å²) in [5.41, 5.74) is 0.707. The molecule has 0 bridgehead atoms. The number of hydrogen-bond donors (Lipinski definition) is 0. The molecule has 2 aliphatic rings. The van der Waals surface area contributed by atoms with Gasteiger partial charge in [-0.25, -0.2) is 8.42 Å². The van der Waals surface area contributed by atoms with Crippen molar-refractivity contribution >= 4 is 32.4 Å². The third-order valence-corrected chi connectivity index (χ3v) is 9.22. The van der Waals surface area contributed by atoms with E-state index in [0.717, 1.165) is 0 Å². The molecule has 0 aliphatic carbocycles. The molecule has 3 heterocycles. The van der Waals surface area contributed by atoms with Gasteiger partial charge in [0, 0.05) is 31.5 Å². The summed E-state index contributed by atoms with van der Waals surface area (Å²) < 4.78 is 41.7. The normalized spacial score (nSPS) is 22.8. The van der Waals surface area contributed by atoms with Crippen molar-refractivity contribution in [2.75, 3.05) is 23.7 Å². The first-order chi connectivity index (χ1) is 13.4. The van der Waals surface area contributed by atoms with E-state index in [1.165, 1.54) is 16.7 Å². The summed E-state index contributed by atoms with van der Waals surface area (Å²) in [5, 5.41) is 4.05. The van der Waals surface area contributed by atoms with Gasteiger partial charge >= 0.3 is 0 Å². The smallest absolute Gasteiger partial charge is 0.246 e. The maximum absolute atomic E-state index is 12.9. The van der Waals surface area contributed by atoms with E-state index in [-0.39, 0.29) is 29.6 Å². The Labute approximate surface area is 166 Å². The maximum atomic E-state index is 12.9. The van der Waals surface area contributed by atoms with E-state index in [1.54, 1.807) is 9.58 Å². The Hall–Kier alpha value is -2.04. The number of aryl methyl sites for hydroxylation is 1. The van der Waals surface area contributed by atoms with E-state index < -0.39 is 25.7 Å². The SMILES string of the molecule is CCn1cc(S(=O)(=O)N2CCC3(CC2)N(c2ccccc2)C(=O)CS3=O)cn1. The number of para-hydroxylation sites is 1. The molecule has 2 fully saturated rings. The Balaban J connectivity index is 1.60. The molecule has 0 radical (unpaired) electrons. The molecule has 2 aliphatic heterocycles. The van der Waals surface area contributed by atoms with Crippen LogP contribution in [-0.4, -0.2) is 56.3 Å². The Morgan fingerprint density at radius 2 is 1.86 bits per heavy atom. The number of amides is 1. The predicted octanol–water partition coefficient (Wildman–Crippen LogP) is 1.18. The lowest BCUT2D eigenvalue weighted by Gasteiger charge is -2.42. The van der Waals surface area contributed by atoms with Crippen LogP contribution in [0.5, 0.6) is 0 Å². The fourth-order valence-corrected chi connectivity index (χ4v) is 6.99. The number of piperidine rings is 1. The van der Waals surface area contributed by atoms with Crippen molar-refractivity contribution in [2.24, 2.45) is 0 Å². The molecule has 8 nitrogen and oxygen atoms in total. The molecule has 4 rings (SSSR count). The zero-order valence-electron chi connectivity index (χ0n) is 15.5. The Kier molecular flexibility index (Phi) is 4.88. The van der Waals surface area contributed by atoms with Crippen LogP contribution in [0.2, 0.25) is 0 Å². The van der Waals surface area contributed by atoms with Crippen molar-refractivity contribution in [3.8, 4) is 0 Å². The number of benzene rings is 1. The van der Waals surface area contributed by atoms with Crippen molar-refractivity contribution < 1.29 is 17.4 Å². The second kappa shape index (κ2) is 7.09. The summed E-state index contributed by atoms with van der Waals surface area (Å²) in [4.78, 5) is 13.5. The van der Waals surface area contributed by atoms with E-state index in [1.807, 2.05) is 37.3 Å². The molecule has 2 saturated heterocycles. The van der Waals surface area contributed by atoms with Crippen molar-refractivity contribution in [3.63, 3.8) is 0 Å². The van der Waals surface area contributed by atoms with E-state index in [4.69, 9.17) is 0 Å². The average Bonchev–Trinajstić information content (AvgIpc) is 3.27. The number of carbonyl (C=O) groups is 1. The molecule has 150 valence electrons. The molecule has 10 heteroatoms. The van der Waals surface area contributed by atoms with Crippen molar-refractivity contribution in [3.05, 3.63) is 42.7 Å². The molecule has 1 atom stereocenters. The van der Waals surface area contributed by atoms with Crippen molar-refractivity contribution in [2.45, 2.75) is 36.1 Å². The summed E-state index contributed by atoms with van der Waals surface area (Å²) in [6, 6.07) is 9.18. The number of rotatable bonds is 4. The van der Waals surface area contributed by atoms with Gasteiger partial charge in [-0.05, 0) is 31.9 Å². The minimum atomic E-state index is -3.66. The van der Waals surface area contributed by atoms with Gasteiger partial charge in [-0.1, -0.05) is 18.2 Å². The highest BCUT2D eigenvalue weighted by Crippen LogP contribution is 2.41. The summed E-state index contributed by atoms with van der Waals surface area (Å²) >= 11 is 0. The van der Waals surface area contributed by atoms with Gasteiger partial charge < -0.3 is 0 Å². The largest absolute Gasteiger partial charge is 0.294 e. The van der Waals surface area contributed by atoms with Crippen molar-refractivity contribution in [1.82, 2.24) is 14.1 Å². The van der Waals surface area contributed by atoms with Crippen LogP contribution in [0, 0.1) is 0 Å². The number of nitrogens with zero attached hydrogens (tertiary/aromatic N) is 4. The summed E-state index contributed by atoms with van der Waals surface area (Å²) in [6.07, 6.45) is 3.55. The first-order valence-corrected chi connectivity index (χ1v) is 11.9. The van der Waals surface area contributed by atoms with Crippen LogP contribution in [0.4, 0.5) is 5.69 Å². The van der Waals surface area contributed by atoms with Crippen LogP contribution in [0.15, 0.2) is 47.6 Å². The summed E-state index contributed by atoms with van der Waals surface area (Å²) in [5.74, 6) is -0.199. The van der Waals surface area contributed by atoms with E-state index >= 15 is 0 Å². The molecular formula is C18H22N4O4S2. The van der Waals surface area contributed by atoms with Gasteiger partial charge in [0.15, 0.2) is 0 Å². The fourth-order valence-electron chi connectivity index (χ4n) is 3.92. The quantitative estimate of drug-likeness (QED) is 0.738. The zero-order valence-corrected chi connectivity index (χ0v) is 17.2. The van der Waals surface area contributed by atoms with Crippen LogP contribution in [0.25, 0.3) is 0 Å². The van der Waals surface area contributed by atoms with Gasteiger partial charge in [-0.2, -0.15) is 9.40 Å². The average molecular weight is 423 g/mol. The summed E-state index contributed by atoms with van der Waals surface area (Å²) in [7, 11) is -5.04. The van der Waals surface area contributed by atoms with Crippen LogP contribution in [-0.2, 0) is 32.2 Å². The highest BCUT2D eigenvalue weighted by Gasteiger charge is 2.54. The molecule has 2 aromatic rings. The standard InChI is InChI=1S/C18H22N4O4S2/c1-2-20-13-16(12-19-20)28(25,26)21-10-8-18(9-11-21)22(17(23)14-27(18)24)15-6-4-3-5-7-15/h3-7,12-13H,2,8-11,14H2,1H3.